The zero-order valence-corrected chi connectivity index (χ0v) is 42.1. The molecule has 11 aromatic carbocycles. The van der Waals surface area contributed by atoms with Crippen LogP contribution in [0.3, 0.4) is 0 Å². The summed E-state index contributed by atoms with van der Waals surface area (Å²) in [4.78, 5) is 5.04. The summed E-state index contributed by atoms with van der Waals surface area (Å²) >= 11 is 3.82. The Bertz CT molecular complexity index is 4050. The Balaban J connectivity index is 1.11. The van der Waals surface area contributed by atoms with Gasteiger partial charge in [-0.15, -0.1) is 22.7 Å². The number of hydrogen-bond donors (Lipinski definition) is 0. The highest BCUT2D eigenvalue weighted by Gasteiger charge is 2.38. The van der Waals surface area contributed by atoms with Gasteiger partial charge in [-0.2, -0.15) is 0 Å². The van der Waals surface area contributed by atoms with Gasteiger partial charge in [-0.25, -0.2) is 0 Å². The molecule has 4 heteroatoms. The van der Waals surface area contributed by atoms with E-state index in [1.54, 1.807) is 0 Å². The van der Waals surface area contributed by atoms with Crippen molar-refractivity contribution in [2.75, 3.05) is 9.80 Å². The summed E-state index contributed by atoms with van der Waals surface area (Å²) in [6.07, 6.45) is 0. The molecule has 0 N–H and O–H groups in total. The van der Waals surface area contributed by atoms with Gasteiger partial charge in [0.25, 0.3) is 0 Å². The SMILES string of the molecule is CC1(C)c2ccccc2N(c2ccc3c(-c4cccc5c4sc4ccccc45)c4cc(N5c6ccccc6C(C)(C)c6ccccc65)ccc4c(-c4cccc5c4sc4ccccc45)c3c2)c2ccccc21. The molecule has 0 saturated carbocycles. The summed E-state index contributed by atoms with van der Waals surface area (Å²) in [5.41, 5.74) is 17.2. The lowest BCUT2D eigenvalue weighted by atomic mass is 9.73. The lowest BCUT2D eigenvalue weighted by Crippen LogP contribution is -2.30. The summed E-state index contributed by atoms with van der Waals surface area (Å²) in [6.45, 7) is 9.48. The maximum absolute atomic E-state index is 2.52. The van der Waals surface area contributed by atoms with Gasteiger partial charge in [0.15, 0.2) is 0 Å². The van der Waals surface area contributed by atoms with Crippen LogP contribution in [0.5, 0.6) is 0 Å². The van der Waals surface area contributed by atoms with Crippen molar-refractivity contribution in [1.29, 1.82) is 0 Å². The third-order valence-electron chi connectivity index (χ3n) is 16.2. The highest BCUT2D eigenvalue weighted by Crippen LogP contribution is 2.57. The van der Waals surface area contributed by atoms with Crippen molar-refractivity contribution in [2.24, 2.45) is 0 Å². The molecule has 0 amide bonds. The first-order valence-corrected chi connectivity index (χ1v) is 26.7. The number of rotatable bonds is 4. The van der Waals surface area contributed by atoms with Gasteiger partial charge in [0.1, 0.15) is 0 Å². The number of para-hydroxylation sites is 4. The van der Waals surface area contributed by atoms with Crippen LogP contribution in [0.25, 0.3) is 84.1 Å². The van der Waals surface area contributed by atoms with Crippen LogP contribution >= 0.6 is 22.7 Å². The van der Waals surface area contributed by atoms with E-state index in [1.165, 1.54) is 129 Å². The fraction of sp³-hybridized carbons (Fsp3) is 0.0882. The summed E-state index contributed by atoms with van der Waals surface area (Å²) in [7, 11) is 0. The first kappa shape index (κ1) is 41.7. The van der Waals surface area contributed by atoms with E-state index in [1.807, 2.05) is 22.7 Å². The molecule has 4 heterocycles. The average Bonchev–Trinajstić information content (AvgIpc) is 4.00. The van der Waals surface area contributed by atoms with E-state index in [-0.39, 0.29) is 10.8 Å². The molecule has 0 radical (unpaired) electrons. The number of nitrogens with zero attached hydrogens (tertiary/aromatic N) is 2. The zero-order chi connectivity index (χ0) is 48.0. The van der Waals surface area contributed by atoms with E-state index in [4.69, 9.17) is 0 Å². The lowest BCUT2D eigenvalue weighted by Gasteiger charge is -2.42. The second-order valence-corrected chi connectivity index (χ2v) is 22.9. The maximum atomic E-state index is 2.52. The lowest BCUT2D eigenvalue weighted by molar-refractivity contribution is 0.632. The zero-order valence-electron chi connectivity index (χ0n) is 40.5. The van der Waals surface area contributed by atoms with Gasteiger partial charge >= 0.3 is 0 Å². The summed E-state index contributed by atoms with van der Waals surface area (Å²) < 4.78 is 5.23. The van der Waals surface area contributed by atoms with Crippen molar-refractivity contribution in [2.45, 2.75) is 38.5 Å². The maximum Gasteiger partial charge on any atom is 0.0502 e. The topological polar surface area (TPSA) is 6.48 Å². The molecule has 0 unspecified atom stereocenters. The fourth-order valence-corrected chi connectivity index (χ4v) is 15.3. The molecule has 0 fully saturated rings. The largest absolute Gasteiger partial charge is 0.310 e. The minimum Gasteiger partial charge on any atom is -0.310 e. The third kappa shape index (κ3) is 5.76. The van der Waals surface area contributed by atoms with E-state index >= 15 is 0 Å². The number of hydrogen-bond acceptors (Lipinski definition) is 4. The van der Waals surface area contributed by atoms with Crippen LogP contribution < -0.4 is 9.80 Å². The summed E-state index contributed by atoms with van der Waals surface area (Å²) in [6, 6.07) is 82.6. The molecule has 2 aromatic heterocycles. The Hall–Kier alpha value is -8.02. The van der Waals surface area contributed by atoms with E-state index in [2.05, 4.69) is 256 Å². The van der Waals surface area contributed by atoms with E-state index < -0.39 is 0 Å². The van der Waals surface area contributed by atoms with Crippen molar-refractivity contribution in [3.63, 3.8) is 0 Å². The number of fused-ring (bicyclic) bond motifs is 12. The minimum absolute atomic E-state index is 0.169. The smallest absolute Gasteiger partial charge is 0.0502 e. The van der Waals surface area contributed by atoms with Gasteiger partial charge in [-0.1, -0.05) is 185 Å². The van der Waals surface area contributed by atoms with Crippen LogP contribution in [-0.2, 0) is 10.8 Å². The van der Waals surface area contributed by atoms with Crippen molar-refractivity contribution >= 4 is 119 Å². The van der Waals surface area contributed by atoms with E-state index in [9.17, 15) is 0 Å². The van der Waals surface area contributed by atoms with Crippen LogP contribution in [0.2, 0.25) is 0 Å². The van der Waals surface area contributed by atoms with Crippen molar-refractivity contribution in [3.05, 3.63) is 241 Å². The number of benzene rings is 11. The van der Waals surface area contributed by atoms with Gasteiger partial charge in [0.05, 0.1) is 22.7 Å². The fourth-order valence-electron chi connectivity index (χ4n) is 12.8. The first-order chi connectivity index (χ1) is 35.3. The number of thiophene rings is 2. The third-order valence-corrected chi connectivity index (χ3v) is 18.7. The Kier molecular flexibility index (Phi) is 8.84. The Morgan fingerprint density at radius 3 is 1.01 bits per heavy atom. The molecule has 2 aliphatic rings. The van der Waals surface area contributed by atoms with Crippen molar-refractivity contribution in [1.82, 2.24) is 0 Å². The highest BCUT2D eigenvalue weighted by molar-refractivity contribution is 7.26. The summed E-state index contributed by atoms with van der Waals surface area (Å²) in [5, 5.41) is 10.2. The van der Waals surface area contributed by atoms with Gasteiger partial charge in [-0.05, 0) is 116 Å². The van der Waals surface area contributed by atoms with Gasteiger partial charge < -0.3 is 9.80 Å². The summed E-state index contributed by atoms with van der Waals surface area (Å²) in [5.74, 6) is 0. The second kappa shape index (κ2) is 15.2. The van der Waals surface area contributed by atoms with E-state index in [0.29, 0.717) is 0 Å². The molecule has 15 rings (SSSR count). The van der Waals surface area contributed by atoms with Crippen LogP contribution in [0, 0.1) is 0 Å². The second-order valence-electron chi connectivity index (χ2n) is 20.8. The van der Waals surface area contributed by atoms with Gasteiger partial charge in [0, 0.05) is 73.7 Å². The Labute approximate surface area is 427 Å². The van der Waals surface area contributed by atoms with Crippen molar-refractivity contribution in [3.8, 4) is 22.3 Å². The molecule has 2 nitrogen and oxygen atoms in total. The normalized spacial score (nSPS) is 14.6. The Morgan fingerprint density at radius 2 is 0.625 bits per heavy atom. The molecule has 72 heavy (non-hydrogen) atoms. The van der Waals surface area contributed by atoms with Crippen molar-refractivity contribution < 1.29 is 0 Å². The molecular weight excluding hydrogens is 909 g/mol. The minimum atomic E-state index is -0.169. The van der Waals surface area contributed by atoms with Crippen LogP contribution in [-0.4, -0.2) is 0 Å². The van der Waals surface area contributed by atoms with Crippen LogP contribution in [0.15, 0.2) is 218 Å². The predicted molar refractivity (Wildman–Crippen MR) is 312 cm³/mol. The standard InChI is InChI=1S/C68H48N2S2/c1-67(2)53-25-7-11-29-57(53)69(58-30-12-8-26-54(58)67)41-35-37-45-51(39-41)63(49-23-17-21-47-43-19-5-15-33-61(43)71-65(47)49)46-38-36-42(70-59-31-13-9-27-55(59)68(3,4)56-28-10-14-32-60(56)70)40-52(46)64(45)50-24-18-22-48-44-20-6-16-34-62(44)72-66(48)50/h5-40H,1-4H3. The highest BCUT2D eigenvalue weighted by atomic mass is 32.1. The first-order valence-electron chi connectivity index (χ1n) is 25.1. The molecular formula is C68H48N2S2. The predicted octanol–water partition coefficient (Wildman–Crippen LogP) is 20.3. The molecule has 0 aliphatic carbocycles. The van der Waals surface area contributed by atoms with Crippen LogP contribution in [0.1, 0.15) is 49.9 Å². The molecule has 2 aliphatic heterocycles. The number of anilines is 6. The molecule has 13 aromatic rings. The monoisotopic (exact) mass is 956 g/mol. The van der Waals surface area contributed by atoms with E-state index in [0.717, 1.165) is 11.4 Å². The molecule has 342 valence electrons. The van der Waals surface area contributed by atoms with Crippen LogP contribution in [0.4, 0.5) is 34.1 Å². The quantitative estimate of drug-likeness (QED) is 0.162. The molecule has 0 bridgehead atoms. The Morgan fingerprint density at radius 1 is 0.292 bits per heavy atom. The van der Waals surface area contributed by atoms with Gasteiger partial charge in [0.2, 0.25) is 0 Å². The molecule has 0 atom stereocenters. The molecule has 0 saturated heterocycles. The molecule has 0 spiro atoms. The van der Waals surface area contributed by atoms with Gasteiger partial charge in [-0.3, -0.25) is 0 Å². The average molecular weight is 957 g/mol.